The highest BCUT2D eigenvalue weighted by Crippen LogP contribution is 2.13. The summed E-state index contributed by atoms with van der Waals surface area (Å²) >= 11 is 6.22. The van der Waals surface area contributed by atoms with E-state index in [9.17, 15) is 5.11 Å². The van der Waals surface area contributed by atoms with Crippen molar-refractivity contribution < 1.29 is 5.11 Å². The molecule has 0 aliphatic heterocycles. The molecule has 0 aliphatic rings. The summed E-state index contributed by atoms with van der Waals surface area (Å²) in [6.45, 7) is 5.10. The van der Waals surface area contributed by atoms with Crippen molar-refractivity contribution in [3.63, 3.8) is 0 Å². The highest BCUT2D eigenvalue weighted by Gasteiger charge is 2.13. The Kier molecular flexibility index (Phi) is 14.3. The van der Waals surface area contributed by atoms with Crippen LogP contribution in [0.4, 0.5) is 0 Å². The zero-order valence-corrected chi connectivity index (χ0v) is 14.7. The zero-order chi connectivity index (χ0) is 15.2. The second-order valence-electron chi connectivity index (χ2n) is 6.18. The minimum absolute atomic E-state index is 0.0337. The molecule has 3 heteroatoms. The summed E-state index contributed by atoms with van der Waals surface area (Å²) in [7, 11) is 2.05. The molecule has 0 aliphatic carbocycles. The summed E-state index contributed by atoms with van der Waals surface area (Å²) in [6, 6.07) is 0. The first-order valence-electron chi connectivity index (χ1n) is 8.60. The average molecular weight is 306 g/mol. The van der Waals surface area contributed by atoms with Crippen LogP contribution in [0.1, 0.15) is 84.5 Å². The fourth-order valence-corrected chi connectivity index (χ4v) is 2.81. The van der Waals surface area contributed by atoms with E-state index in [1.54, 1.807) is 6.92 Å². The van der Waals surface area contributed by atoms with Crippen molar-refractivity contribution in [2.45, 2.75) is 96.1 Å². The van der Waals surface area contributed by atoms with Gasteiger partial charge in [-0.3, -0.25) is 4.90 Å². The van der Waals surface area contributed by atoms with Gasteiger partial charge in [0, 0.05) is 6.42 Å². The van der Waals surface area contributed by atoms with Gasteiger partial charge in [0.2, 0.25) is 0 Å². The number of aliphatic hydroxyl groups excluding tert-OH is 1. The maximum atomic E-state index is 9.31. The van der Waals surface area contributed by atoms with Gasteiger partial charge in [-0.15, -0.1) is 11.6 Å². The number of alkyl halides is 1. The van der Waals surface area contributed by atoms with Gasteiger partial charge < -0.3 is 5.11 Å². The van der Waals surface area contributed by atoms with Crippen LogP contribution in [-0.2, 0) is 0 Å². The molecule has 0 aromatic rings. The van der Waals surface area contributed by atoms with Crippen LogP contribution in [0.15, 0.2) is 0 Å². The summed E-state index contributed by atoms with van der Waals surface area (Å²) < 4.78 is 0. The first-order chi connectivity index (χ1) is 9.57. The number of hydrogen-bond acceptors (Lipinski definition) is 2. The van der Waals surface area contributed by atoms with Crippen molar-refractivity contribution >= 4 is 11.6 Å². The second kappa shape index (κ2) is 14.2. The Morgan fingerprint density at radius 2 is 1.35 bits per heavy atom. The molecule has 0 rings (SSSR count). The van der Waals surface area contributed by atoms with E-state index in [0.29, 0.717) is 6.42 Å². The monoisotopic (exact) mass is 305 g/mol. The van der Waals surface area contributed by atoms with Crippen LogP contribution in [0.5, 0.6) is 0 Å². The van der Waals surface area contributed by atoms with Gasteiger partial charge in [0.15, 0.2) is 0 Å². The zero-order valence-electron chi connectivity index (χ0n) is 13.9. The number of nitrogens with zero attached hydrogens (tertiary/aromatic N) is 1. The average Bonchev–Trinajstić information content (AvgIpc) is 2.39. The summed E-state index contributed by atoms with van der Waals surface area (Å²) in [5, 5.41) is 9.31. The van der Waals surface area contributed by atoms with Crippen molar-refractivity contribution in [2.24, 2.45) is 0 Å². The minimum Gasteiger partial charge on any atom is -0.393 e. The van der Waals surface area contributed by atoms with Crippen LogP contribution in [0, 0.1) is 0 Å². The Labute approximate surface area is 131 Å². The highest BCUT2D eigenvalue weighted by molar-refractivity contribution is 6.20. The van der Waals surface area contributed by atoms with Gasteiger partial charge in [0.05, 0.1) is 11.6 Å². The molecule has 0 saturated heterocycles. The van der Waals surface area contributed by atoms with E-state index >= 15 is 0 Å². The van der Waals surface area contributed by atoms with E-state index < -0.39 is 0 Å². The molecule has 0 bridgehead atoms. The summed E-state index contributed by atoms with van der Waals surface area (Å²) in [4.78, 5) is 2.15. The van der Waals surface area contributed by atoms with Crippen LogP contribution in [-0.4, -0.2) is 35.2 Å². The lowest BCUT2D eigenvalue weighted by molar-refractivity contribution is 0.153. The Bertz CT molecular complexity index is 199. The lowest BCUT2D eigenvalue weighted by Crippen LogP contribution is -2.30. The smallest absolute Gasteiger partial charge is 0.0872 e. The van der Waals surface area contributed by atoms with E-state index in [0.717, 1.165) is 6.54 Å². The Hall–Kier alpha value is 0.210. The predicted octanol–water partition coefficient (Wildman–Crippen LogP) is 5.17. The molecule has 2 nitrogen and oxygen atoms in total. The molecule has 122 valence electrons. The fraction of sp³-hybridized carbons (Fsp3) is 1.00. The number of halogens is 1. The van der Waals surface area contributed by atoms with Gasteiger partial charge in [-0.1, -0.05) is 64.7 Å². The van der Waals surface area contributed by atoms with E-state index in [-0.39, 0.29) is 11.6 Å². The molecule has 0 spiro atoms. The van der Waals surface area contributed by atoms with Crippen LogP contribution in [0.2, 0.25) is 0 Å². The molecule has 20 heavy (non-hydrogen) atoms. The second-order valence-corrected chi connectivity index (χ2v) is 6.69. The lowest BCUT2D eigenvalue weighted by Gasteiger charge is -2.23. The van der Waals surface area contributed by atoms with Gasteiger partial charge in [0.25, 0.3) is 0 Å². The van der Waals surface area contributed by atoms with Gasteiger partial charge in [-0.2, -0.15) is 0 Å². The predicted molar refractivity (Wildman–Crippen MR) is 90.4 cm³/mol. The first kappa shape index (κ1) is 20.2. The van der Waals surface area contributed by atoms with Crippen molar-refractivity contribution in [1.82, 2.24) is 4.90 Å². The minimum atomic E-state index is -0.312. The van der Waals surface area contributed by atoms with Gasteiger partial charge in [0.1, 0.15) is 0 Å². The third-order valence-electron chi connectivity index (χ3n) is 3.88. The largest absolute Gasteiger partial charge is 0.393 e. The number of rotatable bonds is 14. The molecular formula is C17H36ClNO. The molecule has 0 fully saturated rings. The third-order valence-corrected chi connectivity index (χ3v) is 4.39. The van der Waals surface area contributed by atoms with Crippen LogP contribution in [0.25, 0.3) is 0 Å². The molecule has 2 atom stereocenters. The summed E-state index contributed by atoms with van der Waals surface area (Å²) in [5.41, 5.74) is -0.0337. The molecule has 0 aromatic heterocycles. The molecule has 0 aromatic carbocycles. The highest BCUT2D eigenvalue weighted by atomic mass is 35.5. The van der Waals surface area contributed by atoms with Crippen LogP contribution in [0.3, 0.4) is 0 Å². The van der Waals surface area contributed by atoms with Crippen molar-refractivity contribution in [1.29, 1.82) is 0 Å². The van der Waals surface area contributed by atoms with Crippen molar-refractivity contribution in [3.8, 4) is 0 Å². The van der Waals surface area contributed by atoms with Crippen LogP contribution >= 0.6 is 11.6 Å². The summed E-state index contributed by atoms with van der Waals surface area (Å²) in [6.07, 6.45) is 14.0. The van der Waals surface area contributed by atoms with E-state index in [1.807, 2.05) is 7.05 Å². The third kappa shape index (κ3) is 13.2. The molecule has 0 saturated carbocycles. The molecule has 0 heterocycles. The maximum Gasteiger partial charge on any atom is 0.0872 e. The van der Waals surface area contributed by atoms with E-state index in [2.05, 4.69) is 11.8 Å². The molecular weight excluding hydrogens is 270 g/mol. The van der Waals surface area contributed by atoms with E-state index in [1.165, 1.54) is 64.2 Å². The van der Waals surface area contributed by atoms with Gasteiger partial charge in [-0.05, 0) is 26.9 Å². The molecule has 0 amide bonds. The maximum absolute atomic E-state index is 9.31. The molecule has 0 radical (unpaired) electrons. The van der Waals surface area contributed by atoms with Crippen LogP contribution < -0.4 is 0 Å². The van der Waals surface area contributed by atoms with Crippen molar-refractivity contribution in [3.05, 3.63) is 0 Å². The Balaban J connectivity index is 3.26. The number of aliphatic hydroxyl groups is 1. The lowest BCUT2D eigenvalue weighted by atomic mass is 10.1. The molecule has 2 unspecified atom stereocenters. The van der Waals surface area contributed by atoms with Gasteiger partial charge >= 0.3 is 0 Å². The number of unbranched alkanes of at least 4 members (excludes halogenated alkanes) is 9. The summed E-state index contributed by atoms with van der Waals surface area (Å²) in [5.74, 6) is 0. The SMILES string of the molecule is CCCCCCCCCCCCN(C)C(Cl)CC(C)O. The Morgan fingerprint density at radius 3 is 1.80 bits per heavy atom. The topological polar surface area (TPSA) is 23.5 Å². The fourth-order valence-electron chi connectivity index (χ4n) is 2.45. The normalized spacial score (nSPS) is 14.7. The van der Waals surface area contributed by atoms with Gasteiger partial charge in [-0.25, -0.2) is 0 Å². The quantitative estimate of drug-likeness (QED) is 0.272. The van der Waals surface area contributed by atoms with Crippen molar-refractivity contribution in [2.75, 3.05) is 13.6 Å². The first-order valence-corrected chi connectivity index (χ1v) is 9.04. The molecule has 1 N–H and O–H groups in total. The van der Waals surface area contributed by atoms with E-state index in [4.69, 9.17) is 11.6 Å². The number of hydrogen-bond donors (Lipinski definition) is 1. The Morgan fingerprint density at radius 1 is 0.900 bits per heavy atom. The standard InChI is InChI=1S/C17H36ClNO/c1-4-5-6-7-8-9-10-11-12-13-14-19(3)17(18)15-16(2)20/h16-17,20H,4-15H2,1-3H3.